The molecule has 0 saturated heterocycles. The van der Waals surface area contributed by atoms with E-state index in [0.29, 0.717) is 5.16 Å². The van der Waals surface area contributed by atoms with Gasteiger partial charge in [-0.15, -0.1) is 10.2 Å². The Kier molecular flexibility index (Phi) is 5.43. The summed E-state index contributed by atoms with van der Waals surface area (Å²) in [4.78, 5) is 13.1. The number of aromatic nitrogens is 3. The molecule has 0 radical (unpaired) electrons. The molecular weight excluding hydrogens is 298 g/mol. The predicted molar refractivity (Wildman–Crippen MR) is 89.9 cm³/mol. The highest BCUT2D eigenvalue weighted by molar-refractivity contribution is 7.99. The van der Waals surface area contributed by atoms with Crippen LogP contribution in [0.1, 0.15) is 13.8 Å². The van der Waals surface area contributed by atoms with Crippen LogP contribution in [0.15, 0.2) is 29.4 Å². The summed E-state index contributed by atoms with van der Waals surface area (Å²) in [6.45, 7) is 6.24. The summed E-state index contributed by atoms with van der Waals surface area (Å²) in [5.41, 5.74) is 7.35. The molecule has 0 spiro atoms. The number of rotatable bonds is 7. The summed E-state index contributed by atoms with van der Waals surface area (Å²) in [7, 11) is 1.89. The molecule has 0 bridgehead atoms. The second-order valence-corrected chi connectivity index (χ2v) is 5.78. The van der Waals surface area contributed by atoms with Crippen molar-refractivity contribution >= 4 is 23.4 Å². The fourth-order valence-corrected chi connectivity index (χ4v) is 2.89. The van der Waals surface area contributed by atoms with Gasteiger partial charge in [-0.3, -0.25) is 4.79 Å². The third-order valence-corrected chi connectivity index (χ3v) is 4.48. The number of amides is 1. The molecule has 0 unspecified atom stereocenters. The predicted octanol–water partition coefficient (Wildman–Crippen LogP) is 1.91. The second-order valence-electron chi connectivity index (χ2n) is 4.84. The number of carbonyl (C=O) groups excluding carboxylic acids is 1. The largest absolute Gasteiger partial charge is 0.372 e. The van der Waals surface area contributed by atoms with Gasteiger partial charge in [0.2, 0.25) is 5.91 Å². The topological polar surface area (TPSA) is 77.0 Å². The highest BCUT2D eigenvalue weighted by Gasteiger charge is 2.12. The van der Waals surface area contributed by atoms with E-state index in [-0.39, 0.29) is 11.7 Å². The molecule has 1 aromatic heterocycles. The molecule has 2 N–H and O–H groups in total. The van der Waals surface area contributed by atoms with E-state index in [1.54, 1.807) is 0 Å². The molecule has 0 aliphatic heterocycles. The van der Waals surface area contributed by atoms with Crippen LogP contribution in [0.4, 0.5) is 5.69 Å². The van der Waals surface area contributed by atoms with Gasteiger partial charge in [-0.1, -0.05) is 11.8 Å². The summed E-state index contributed by atoms with van der Waals surface area (Å²) in [6.07, 6.45) is 0. The maximum absolute atomic E-state index is 10.9. The maximum atomic E-state index is 10.9. The van der Waals surface area contributed by atoms with Crippen molar-refractivity contribution in [2.45, 2.75) is 19.0 Å². The molecule has 0 aliphatic rings. The summed E-state index contributed by atoms with van der Waals surface area (Å²) in [6, 6.07) is 8.26. The Bertz CT molecular complexity index is 634. The third kappa shape index (κ3) is 3.59. The van der Waals surface area contributed by atoms with Crippen LogP contribution in [0.2, 0.25) is 0 Å². The lowest BCUT2D eigenvalue weighted by Crippen LogP contribution is -2.21. The number of benzene rings is 1. The Balaban J connectivity index is 2.20. The molecule has 2 rings (SSSR count). The van der Waals surface area contributed by atoms with Gasteiger partial charge in [0.05, 0.1) is 5.75 Å². The average molecular weight is 319 g/mol. The van der Waals surface area contributed by atoms with Crippen LogP contribution in [0, 0.1) is 0 Å². The summed E-state index contributed by atoms with van der Waals surface area (Å²) in [5.74, 6) is 0.614. The van der Waals surface area contributed by atoms with Gasteiger partial charge in [-0.25, -0.2) is 0 Å². The second kappa shape index (κ2) is 7.31. The molecule has 1 amide bonds. The van der Waals surface area contributed by atoms with Crippen molar-refractivity contribution in [3.8, 4) is 11.4 Å². The van der Waals surface area contributed by atoms with Gasteiger partial charge in [-0.05, 0) is 38.1 Å². The van der Waals surface area contributed by atoms with Crippen LogP contribution >= 0.6 is 11.8 Å². The zero-order chi connectivity index (χ0) is 16.1. The number of carbonyl (C=O) groups is 1. The van der Waals surface area contributed by atoms with E-state index in [2.05, 4.69) is 41.1 Å². The first-order valence-corrected chi connectivity index (χ1v) is 8.21. The lowest BCUT2D eigenvalue weighted by molar-refractivity contribution is -0.115. The minimum Gasteiger partial charge on any atom is -0.372 e. The summed E-state index contributed by atoms with van der Waals surface area (Å²) >= 11 is 1.29. The maximum Gasteiger partial charge on any atom is 0.227 e. The molecule has 0 atom stereocenters. The lowest BCUT2D eigenvalue weighted by atomic mass is 10.2. The zero-order valence-electron chi connectivity index (χ0n) is 13.1. The van der Waals surface area contributed by atoms with E-state index in [9.17, 15) is 4.79 Å². The minimum absolute atomic E-state index is 0.201. The third-order valence-electron chi connectivity index (χ3n) is 3.43. The number of hydrogen-bond acceptors (Lipinski definition) is 5. The standard InChI is InChI=1S/C15H21N5OS/c1-4-20(5-2)12-8-6-11(7-9-12)14-17-18-15(19(14)3)22-10-13(16)21/h6-9H,4-5,10H2,1-3H3,(H2,16,21). The van der Waals surface area contributed by atoms with Gasteiger partial charge in [0.1, 0.15) is 0 Å². The van der Waals surface area contributed by atoms with Gasteiger partial charge in [0.15, 0.2) is 11.0 Å². The highest BCUT2D eigenvalue weighted by atomic mass is 32.2. The average Bonchev–Trinajstić information content (AvgIpc) is 2.88. The van der Waals surface area contributed by atoms with E-state index in [4.69, 9.17) is 5.73 Å². The monoisotopic (exact) mass is 319 g/mol. The van der Waals surface area contributed by atoms with Crippen molar-refractivity contribution in [1.82, 2.24) is 14.8 Å². The molecule has 118 valence electrons. The molecule has 22 heavy (non-hydrogen) atoms. The van der Waals surface area contributed by atoms with Crippen molar-refractivity contribution in [3.63, 3.8) is 0 Å². The van der Waals surface area contributed by atoms with E-state index in [1.165, 1.54) is 17.4 Å². The molecule has 2 aromatic rings. The van der Waals surface area contributed by atoms with Gasteiger partial charge >= 0.3 is 0 Å². The van der Waals surface area contributed by atoms with E-state index >= 15 is 0 Å². The van der Waals surface area contributed by atoms with Crippen LogP contribution in [-0.2, 0) is 11.8 Å². The molecule has 7 heteroatoms. The Morgan fingerprint density at radius 1 is 1.23 bits per heavy atom. The molecule has 1 heterocycles. The first-order valence-electron chi connectivity index (χ1n) is 7.22. The first kappa shape index (κ1) is 16.4. The van der Waals surface area contributed by atoms with Crippen LogP contribution < -0.4 is 10.6 Å². The highest BCUT2D eigenvalue weighted by Crippen LogP contribution is 2.24. The fraction of sp³-hybridized carbons (Fsp3) is 0.400. The van der Waals surface area contributed by atoms with Gasteiger partial charge in [0, 0.05) is 31.4 Å². The molecule has 0 saturated carbocycles. The first-order chi connectivity index (χ1) is 10.6. The Morgan fingerprint density at radius 3 is 2.41 bits per heavy atom. The van der Waals surface area contributed by atoms with Crippen LogP contribution in [0.25, 0.3) is 11.4 Å². The Labute approximate surface area is 134 Å². The van der Waals surface area contributed by atoms with Crippen molar-refractivity contribution in [3.05, 3.63) is 24.3 Å². The quantitative estimate of drug-likeness (QED) is 0.789. The van der Waals surface area contributed by atoms with Crippen molar-refractivity contribution in [2.24, 2.45) is 12.8 Å². The van der Waals surface area contributed by atoms with Gasteiger partial charge < -0.3 is 15.2 Å². The lowest BCUT2D eigenvalue weighted by Gasteiger charge is -2.21. The van der Waals surface area contributed by atoms with E-state index in [0.717, 1.165) is 24.5 Å². The minimum atomic E-state index is -0.363. The number of nitrogens with two attached hydrogens (primary N) is 1. The number of hydrogen-bond donors (Lipinski definition) is 1. The van der Waals surface area contributed by atoms with Gasteiger partial charge in [0.25, 0.3) is 0 Å². The SMILES string of the molecule is CCN(CC)c1ccc(-c2nnc(SCC(N)=O)n2C)cc1. The molecule has 0 aliphatic carbocycles. The van der Waals surface area contributed by atoms with Crippen molar-refractivity contribution < 1.29 is 4.79 Å². The zero-order valence-corrected chi connectivity index (χ0v) is 13.9. The number of nitrogens with zero attached hydrogens (tertiary/aromatic N) is 4. The number of primary amides is 1. The number of anilines is 1. The molecular formula is C15H21N5OS. The van der Waals surface area contributed by atoms with Crippen LogP contribution in [0.5, 0.6) is 0 Å². The van der Waals surface area contributed by atoms with Crippen LogP contribution in [0.3, 0.4) is 0 Å². The Morgan fingerprint density at radius 2 is 1.86 bits per heavy atom. The normalized spacial score (nSPS) is 10.7. The summed E-state index contributed by atoms with van der Waals surface area (Å²) in [5, 5.41) is 9.00. The Hall–Kier alpha value is -2.02. The fourth-order valence-electron chi connectivity index (χ4n) is 2.24. The molecule has 0 fully saturated rings. The molecule has 1 aromatic carbocycles. The van der Waals surface area contributed by atoms with Crippen LogP contribution in [-0.4, -0.2) is 39.5 Å². The van der Waals surface area contributed by atoms with Crippen molar-refractivity contribution in [1.29, 1.82) is 0 Å². The summed E-state index contributed by atoms with van der Waals surface area (Å²) < 4.78 is 1.88. The van der Waals surface area contributed by atoms with Gasteiger partial charge in [-0.2, -0.15) is 0 Å². The molecule has 6 nitrogen and oxygen atoms in total. The van der Waals surface area contributed by atoms with Crippen molar-refractivity contribution in [2.75, 3.05) is 23.7 Å². The smallest absolute Gasteiger partial charge is 0.227 e. The van der Waals surface area contributed by atoms with E-state index in [1.807, 2.05) is 23.7 Å². The number of thioether (sulfide) groups is 1. The van der Waals surface area contributed by atoms with E-state index < -0.39 is 0 Å².